The second kappa shape index (κ2) is 5.31. The van der Waals surface area contributed by atoms with E-state index in [2.05, 4.69) is 15.2 Å². The van der Waals surface area contributed by atoms with Gasteiger partial charge in [-0.15, -0.1) is 0 Å². The molecule has 1 saturated heterocycles. The molecule has 1 aliphatic rings. The number of hydrogen-bond acceptors (Lipinski definition) is 4. The van der Waals surface area contributed by atoms with Crippen LogP contribution in [-0.4, -0.2) is 35.7 Å². The third-order valence-electron chi connectivity index (χ3n) is 3.33. The molecule has 0 spiro atoms. The topological polar surface area (TPSA) is 50.2 Å². The van der Waals surface area contributed by atoms with E-state index in [9.17, 15) is 4.79 Å². The molecule has 0 radical (unpaired) electrons. The van der Waals surface area contributed by atoms with Crippen LogP contribution < -0.4 is 15.8 Å². The first kappa shape index (κ1) is 12.1. The van der Waals surface area contributed by atoms with Gasteiger partial charge in [0.25, 0.3) is 5.56 Å². The van der Waals surface area contributed by atoms with E-state index in [0.717, 1.165) is 25.9 Å². The SMILES string of the molecule is CCn1ccnc(N2CCCC2CNC)c1=O. The molecule has 0 bridgehead atoms. The van der Waals surface area contributed by atoms with Gasteiger partial charge < -0.3 is 14.8 Å². The first-order valence-electron chi connectivity index (χ1n) is 6.24. The summed E-state index contributed by atoms with van der Waals surface area (Å²) in [6, 6.07) is 0.396. The van der Waals surface area contributed by atoms with E-state index in [1.807, 2.05) is 14.0 Å². The average molecular weight is 236 g/mol. The van der Waals surface area contributed by atoms with Crippen molar-refractivity contribution in [3.63, 3.8) is 0 Å². The second-order valence-corrected chi connectivity index (χ2v) is 4.39. The molecular weight excluding hydrogens is 216 g/mol. The Labute approximate surface area is 101 Å². The van der Waals surface area contributed by atoms with Crippen LogP contribution in [0.25, 0.3) is 0 Å². The quantitative estimate of drug-likeness (QED) is 0.824. The molecule has 1 aromatic heterocycles. The first-order chi connectivity index (χ1) is 8.27. The molecule has 1 aromatic rings. The number of aromatic nitrogens is 2. The summed E-state index contributed by atoms with van der Waals surface area (Å²) in [4.78, 5) is 18.6. The molecule has 0 amide bonds. The lowest BCUT2D eigenvalue weighted by molar-refractivity contribution is 0.604. The van der Waals surface area contributed by atoms with Crippen molar-refractivity contribution in [2.24, 2.45) is 0 Å². The van der Waals surface area contributed by atoms with E-state index in [1.165, 1.54) is 0 Å². The molecule has 1 aliphatic heterocycles. The van der Waals surface area contributed by atoms with Crippen LogP contribution >= 0.6 is 0 Å². The Morgan fingerprint density at radius 1 is 1.59 bits per heavy atom. The lowest BCUT2D eigenvalue weighted by Crippen LogP contribution is -2.41. The molecule has 1 fully saturated rings. The fourth-order valence-electron chi connectivity index (χ4n) is 2.44. The van der Waals surface area contributed by atoms with Crippen molar-refractivity contribution >= 4 is 5.82 Å². The zero-order chi connectivity index (χ0) is 12.3. The van der Waals surface area contributed by atoms with Crippen LogP contribution in [0.2, 0.25) is 0 Å². The third kappa shape index (κ3) is 2.34. The summed E-state index contributed by atoms with van der Waals surface area (Å²) in [5.41, 5.74) is 0.0259. The molecule has 1 unspecified atom stereocenters. The highest BCUT2D eigenvalue weighted by Crippen LogP contribution is 2.20. The maximum absolute atomic E-state index is 12.2. The van der Waals surface area contributed by atoms with E-state index < -0.39 is 0 Å². The molecule has 0 saturated carbocycles. The normalized spacial score (nSPS) is 19.9. The molecule has 17 heavy (non-hydrogen) atoms. The highest BCUT2D eigenvalue weighted by atomic mass is 16.1. The van der Waals surface area contributed by atoms with Gasteiger partial charge in [0, 0.05) is 38.1 Å². The minimum atomic E-state index is 0.0259. The average Bonchev–Trinajstić information content (AvgIpc) is 2.78. The van der Waals surface area contributed by atoms with Crippen LogP contribution in [0.4, 0.5) is 5.82 Å². The van der Waals surface area contributed by atoms with Crippen LogP contribution in [0.15, 0.2) is 17.2 Å². The Bertz CT molecular complexity index is 429. The molecule has 94 valence electrons. The van der Waals surface area contributed by atoms with Gasteiger partial charge in [0.05, 0.1) is 0 Å². The van der Waals surface area contributed by atoms with Gasteiger partial charge in [-0.2, -0.15) is 0 Å². The Morgan fingerprint density at radius 2 is 2.41 bits per heavy atom. The summed E-state index contributed by atoms with van der Waals surface area (Å²) in [7, 11) is 1.94. The number of likely N-dealkylation sites (N-methyl/N-ethyl adjacent to an activating group) is 1. The standard InChI is InChI=1S/C12H20N4O/c1-3-15-8-6-14-11(12(15)17)16-7-4-5-10(16)9-13-2/h6,8,10,13H,3-5,7,9H2,1-2H3. The van der Waals surface area contributed by atoms with Crippen molar-refractivity contribution in [1.29, 1.82) is 0 Å². The van der Waals surface area contributed by atoms with E-state index in [-0.39, 0.29) is 5.56 Å². The predicted molar refractivity (Wildman–Crippen MR) is 68.5 cm³/mol. The number of hydrogen-bond donors (Lipinski definition) is 1. The Balaban J connectivity index is 2.30. The molecular formula is C12H20N4O. The minimum Gasteiger partial charge on any atom is -0.348 e. The highest BCUT2D eigenvalue weighted by molar-refractivity contribution is 5.38. The van der Waals surface area contributed by atoms with Gasteiger partial charge in [-0.1, -0.05) is 0 Å². The fourth-order valence-corrected chi connectivity index (χ4v) is 2.44. The van der Waals surface area contributed by atoms with Crippen LogP contribution in [0.1, 0.15) is 19.8 Å². The summed E-state index contributed by atoms with van der Waals surface area (Å²) in [6.45, 7) is 4.50. The fraction of sp³-hybridized carbons (Fsp3) is 0.667. The van der Waals surface area contributed by atoms with Crippen LogP contribution in [0.5, 0.6) is 0 Å². The van der Waals surface area contributed by atoms with Crippen LogP contribution in [-0.2, 0) is 6.54 Å². The van der Waals surface area contributed by atoms with Crippen molar-refractivity contribution in [3.8, 4) is 0 Å². The summed E-state index contributed by atoms with van der Waals surface area (Å²) >= 11 is 0. The van der Waals surface area contributed by atoms with Crippen LogP contribution in [0, 0.1) is 0 Å². The number of aryl methyl sites for hydroxylation is 1. The van der Waals surface area contributed by atoms with Gasteiger partial charge in [0.2, 0.25) is 0 Å². The Kier molecular flexibility index (Phi) is 3.78. The monoisotopic (exact) mass is 236 g/mol. The highest BCUT2D eigenvalue weighted by Gasteiger charge is 2.27. The number of nitrogens with zero attached hydrogens (tertiary/aromatic N) is 3. The molecule has 0 aromatic carbocycles. The van der Waals surface area contributed by atoms with E-state index in [4.69, 9.17) is 0 Å². The first-order valence-corrected chi connectivity index (χ1v) is 6.24. The van der Waals surface area contributed by atoms with Crippen molar-refractivity contribution < 1.29 is 0 Å². The molecule has 0 aliphatic carbocycles. The van der Waals surface area contributed by atoms with Crippen molar-refractivity contribution in [1.82, 2.24) is 14.9 Å². The minimum absolute atomic E-state index is 0.0259. The van der Waals surface area contributed by atoms with E-state index in [1.54, 1.807) is 17.0 Å². The molecule has 5 nitrogen and oxygen atoms in total. The van der Waals surface area contributed by atoms with Gasteiger partial charge in [-0.05, 0) is 26.8 Å². The summed E-state index contributed by atoms with van der Waals surface area (Å²) in [6.07, 6.45) is 5.72. The van der Waals surface area contributed by atoms with Gasteiger partial charge in [0.15, 0.2) is 5.82 Å². The van der Waals surface area contributed by atoms with Crippen molar-refractivity contribution in [2.45, 2.75) is 32.4 Å². The predicted octanol–water partition coefficient (Wildman–Crippen LogP) is 0.451. The zero-order valence-corrected chi connectivity index (χ0v) is 10.5. The lowest BCUT2D eigenvalue weighted by Gasteiger charge is -2.25. The third-order valence-corrected chi connectivity index (χ3v) is 3.33. The lowest BCUT2D eigenvalue weighted by atomic mass is 10.2. The Morgan fingerprint density at radius 3 is 3.12 bits per heavy atom. The molecule has 2 heterocycles. The molecule has 1 N–H and O–H groups in total. The van der Waals surface area contributed by atoms with E-state index in [0.29, 0.717) is 18.4 Å². The maximum Gasteiger partial charge on any atom is 0.293 e. The molecule has 2 rings (SSSR count). The van der Waals surface area contributed by atoms with E-state index >= 15 is 0 Å². The molecule has 1 atom stereocenters. The number of rotatable bonds is 4. The van der Waals surface area contributed by atoms with Gasteiger partial charge >= 0.3 is 0 Å². The van der Waals surface area contributed by atoms with Crippen molar-refractivity contribution in [3.05, 3.63) is 22.7 Å². The van der Waals surface area contributed by atoms with Gasteiger partial charge in [-0.25, -0.2) is 4.98 Å². The van der Waals surface area contributed by atoms with Crippen LogP contribution in [0.3, 0.4) is 0 Å². The van der Waals surface area contributed by atoms with Gasteiger partial charge in [-0.3, -0.25) is 4.79 Å². The maximum atomic E-state index is 12.2. The summed E-state index contributed by atoms with van der Waals surface area (Å²) in [5, 5.41) is 3.18. The summed E-state index contributed by atoms with van der Waals surface area (Å²) < 4.78 is 1.71. The molecule has 5 heteroatoms. The van der Waals surface area contributed by atoms with Crippen molar-refractivity contribution in [2.75, 3.05) is 25.0 Å². The Hall–Kier alpha value is -1.36. The largest absolute Gasteiger partial charge is 0.348 e. The summed E-state index contributed by atoms with van der Waals surface area (Å²) in [5.74, 6) is 0.604. The number of nitrogens with one attached hydrogen (secondary N) is 1. The van der Waals surface area contributed by atoms with Gasteiger partial charge in [0.1, 0.15) is 0 Å². The smallest absolute Gasteiger partial charge is 0.293 e. The number of anilines is 1. The zero-order valence-electron chi connectivity index (χ0n) is 10.5. The second-order valence-electron chi connectivity index (χ2n) is 4.39.